The van der Waals surface area contributed by atoms with Crippen LogP contribution in [0.4, 0.5) is 0 Å². The monoisotopic (exact) mass is 146 g/mol. The predicted molar refractivity (Wildman–Crippen MR) is 34.4 cm³/mol. The molecular weight excluding hydrogens is 140 g/mol. The molecule has 0 saturated carbocycles. The Bertz CT molecular complexity index is 162. The molecule has 0 saturated heterocycles. The molecule has 0 N–H and O–H groups in total. The Kier molecular flexibility index (Phi) is 1.76. The highest BCUT2D eigenvalue weighted by Crippen LogP contribution is 2.22. The highest BCUT2D eigenvalue weighted by Gasteiger charge is 2.29. The summed E-state index contributed by atoms with van der Waals surface area (Å²) in [6.45, 7) is 2.43. The molecule has 0 heterocycles. The third-order valence-electron chi connectivity index (χ3n) is 1.10. The average molecular weight is 147 g/mol. The first-order chi connectivity index (χ1) is 4.25. The quantitative estimate of drug-likeness (QED) is 0.546. The molecule has 2 nitrogen and oxygen atoms in total. The van der Waals surface area contributed by atoms with Crippen LogP contribution >= 0.6 is 11.6 Å². The molecule has 1 rings (SSSR count). The predicted octanol–water partition coefficient (Wildman–Crippen LogP) is 1.10. The van der Waals surface area contributed by atoms with Gasteiger partial charge < -0.3 is 4.74 Å². The smallest absolute Gasteiger partial charge is 0.184 e. The first-order valence-corrected chi connectivity index (χ1v) is 3.21. The van der Waals surface area contributed by atoms with Crippen LogP contribution in [0.25, 0.3) is 0 Å². The van der Waals surface area contributed by atoms with Gasteiger partial charge in [0.25, 0.3) is 0 Å². The van der Waals surface area contributed by atoms with Crippen LogP contribution in [0, 0.1) is 0 Å². The van der Waals surface area contributed by atoms with Crippen molar-refractivity contribution in [1.82, 2.24) is 0 Å². The van der Waals surface area contributed by atoms with Crippen LogP contribution in [0.15, 0.2) is 11.8 Å². The van der Waals surface area contributed by atoms with Gasteiger partial charge in [-0.25, -0.2) is 0 Å². The van der Waals surface area contributed by atoms with Crippen molar-refractivity contribution in [2.45, 2.75) is 12.3 Å². The van der Waals surface area contributed by atoms with E-state index in [0.29, 0.717) is 12.4 Å². The standard InChI is InChI=1S/C6H7ClO2/c1-2-9-5-3-4(8)6(5)7/h3,6H,2H2,1H3. The number of alkyl halides is 1. The van der Waals surface area contributed by atoms with E-state index < -0.39 is 5.38 Å². The molecule has 1 aliphatic rings. The lowest BCUT2D eigenvalue weighted by atomic mass is 10.1. The minimum absolute atomic E-state index is 0.0554. The molecular formula is C6H7ClO2. The summed E-state index contributed by atoms with van der Waals surface area (Å²) in [5, 5.41) is -0.509. The summed E-state index contributed by atoms with van der Waals surface area (Å²) in [5.41, 5.74) is 0. The molecule has 0 fully saturated rings. The second kappa shape index (κ2) is 2.40. The fourth-order valence-corrected chi connectivity index (χ4v) is 0.801. The number of allylic oxidation sites excluding steroid dienone is 2. The van der Waals surface area contributed by atoms with E-state index in [-0.39, 0.29) is 5.78 Å². The topological polar surface area (TPSA) is 26.3 Å². The Morgan fingerprint density at radius 1 is 1.89 bits per heavy atom. The molecule has 0 radical (unpaired) electrons. The van der Waals surface area contributed by atoms with Gasteiger partial charge in [-0.3, -0.25) is 4.79 Å². The van der Waals surface area contributed by atoms with Crippen molar-refractivity contribution in [3.05, 3.63) is 11.8 Å². The summed E-state index contributed by atoms with van der Waals surface area (Å²) in [4.78, 5) is 10.4. The molecule has 0 amide bonds. The summed E-state index contributed by atoms with van der Waals surface area (Å²) in [5.74, 6) is 0.546. The highest BCUT2D eigenvalue weighted by molar-refractivity contribution is 6.38. The van der Waals surface area contributed by atoms with Gasteiger partial charge in [0.15, 0.2) is 11.2 Å². The van der Waals surface area contributed by atoms with E-state index in [1.165, 1.54) is 6.08 Å². The van der Waals surface area contributed by atoms with Gasteiger partial charge >= 0.3 is 0 Å². The van der Waals surface area contributed by atoms with E-state index in [9.17, 15) is 4.79 Å². The van der Waals surface area contributed by atoms with E-state index in [2.05, 4.69) is 0 Å². The lowest BCUT2D eigenvalue weighted by molar-refractivity contribution is -0.116. The molecule has 0 aromatic carbocycles. The zero-order chi connectivity index (χ0) is 6.85. The number of halogens is 1. The van der Waals surface area contributed by atoms with Gasteiger partial charge in [-0.05, 0) is 6.92 Å². The number of carbonyl (C=O) groups is 1. The molecule has 3 heteroatoms. The maximum absolute atomic E-state index is 10.4. The average Bonchev–Trinajstić information content (AvgIpc) is 1.88. The van der Waals surface area contributed by atoms with E-state index >= 15 is 0 Å². The van der Waals surface area contributed by atoms with Crippen LogP contribution < -0.4 is 0 Å². The fourth-order valence-electron chi connectivity index (χ4n) is 0.612. The molecule has 0 spiro atoms. The normalized spacial score (nSPS) is 24.9. The van der Waals surface area contributed by atoms with Crippen LogP contribution in [0.5, 0.6) is 0 Å². The molecule has 0 bridgehead atoms. The van der Waals surface area contributed by atoms with E-state index in [1.54, 1.807) is 0 Å². The molecule has 1 aliphatic carbocycles. The summed E-state index contributed by atoms with van der Waals surface area (Å²) in [6.07, 6.45) is 1.42. The number of carbonyl (C=O) groups excluding carboxylic acids is 1. The number of hydrogen-bond acceptors (Lipinski definition) is 2. The molecule has 9 heavy (non-hydrogen) atoms. The lowest BCUT2D eigenvalue weighted by Crippen LogP contribution is -2.26. The SMILES string of the molecule is CCOC1=CC(=O)C1Cl. The van der Waals surface area contributed by atoms with Crippen LogP contribution in [0.2, 0.25) is 0 Å². The van der Waals surface area contributed by atoms with Gasteiger partial charge in [0, 0.05) is 6.08 Å². The molecule has 0 aromatic rings. The van der Waals surface area contributed by atoms with Crippen molar-refractivity contribution < 1.29 is 9.53 Å². The molecule has 50 valence electrons. The van der Waals surface area contributed by atoms with Crippen molar-refractivity contribution >= 4 is 17.4 Å². The van der Waals surface area contributed by atoms with Crippen molar-refractivity contribution in [3.63, 3.8) is 0 Å². The number of hydrogen-bond donors (Lipinski definition) is 0. The van der Waals surface area contributed by atoms with Gasteiger partial charge in [0.1, 0.15) is 5.76 Å². The first-order valence-electron chi connectivity index (χ1n) is 2.78. The van der Waals surface area contributed by atoms with Crippen LogP contribution in [0.3, 0.4) is 0 Å². The van der Waals surface area contributed by atoms with E-state index in [0.717, 1.165) is 0 Å². The fraction of sp³-hybridized carbons (Fsp3) is 0.500. The summed E-state index contributed by atoms with van der Waals surface area (Å²) in [7, 11) is 0. The van der Waals surface area contributed by atoms with Crippen molar-refractivity contribution in [2.75, 3.05) is 6.61 Å². The molecule has 1 unspecified atom stereocenters. The zero-order valence-electron chi connectivity index (χ0n) is 5.06. The van der Waals surface area contributed by atoms with Crippen LogP contribution in [-0.4, -0.2) is 17.8 Å². The van der Waals surface area contributed by atoms with Crippen molar-refractivity contribution in [1.29, 1.82) is 0 Å². The Morgan fingerprint density at radius 3 is 2.89 bits per heavy atom. The zero-order valence-corrected chi connectivity index (χ0v) is 5.81. The molecule has 0 aromatic heterocycles. The molecule has 0 aliphatic heterocycles. The Hall–Kier alpha value is -0.500. The Balaban J connectivity index is 2.47. The van der Waals surface area contributed by atoms with Gasteiger partial charge in [-0.1, -0.05) is 0 Å². The first kappa shape index (κ1) is 6.62. The lowest BCUT2D eigenvalue weighted by Gasteiger charge is -2.18. The maximum atomic E-state index is 10.4. The van der Waals surface area contributed by atoms with Gasteiger partial charge in [0.2, 0.25) is 0 Å². The van der Waals surface area contributed by atoms with Crippen molar-refractivity contribution in [3.8, 4) is 0 Å². The Labute approximate surface area is 58.4 Å². The van der Waals surface area contributed by atoms with Crippen LogP contribution in [0.1, 0.15) is 6.92 Å². The van der Waals surface area contributed by atoms with E-state index in [1.807, 2.05) is 6.92 Å². The van der Waals surface area contributed by atoms with Gasteiger partial charge in [0.05, 0.1) is 6.61 Å². The van der Waals surface area contributed by atoms with Crippen LogP contribution in [-0.2, 0) is 9.53 Å². The maximum Gasteiger partial charge on any atom is 0.184 e. The summed E-state index contributed by atoms with van der Waals surface area (Å²) >= 11 is 5.50. The third-order valence-corrected chi connectivity index (χ3v) is 1.53. The second-order valence-corrected chi connectivity index (χ2v) is 2.18. The minimum atomic E-state index is -0.509. The van der Waals surface area contributed by atoms with Gasteiger partial charge in [-0.15, -0.1) is 11.6 Å². The number of ketones is 1. The van der Waals surface area contributed by atoms with Crippen molar-refractivity contribution in [2.24, 2.45) is 0 Å². The largest absolute Gasteiger partial charge is 0.496 e. The highest BCUT2D eigenvalue weighted by atomic mass is 35.5. The van der Waals surface area contributed by atoms with E-state index in [4.69, 9.17) is 16.3 Å². The third kappa shape index (κ3) is 1.08. The summed E-state index contributed by atoms with van der Waals surface area (Å²) in [6, 6.07) is 0. The Morgan fingerprint density at radius 2 is 2.56 bits per heavy atom. The van der Waals surface area contributed by atoms with Gasteiger partial charge in [-0.2, -0.15) is 0 Å². The second-order valence-electron chi connectivity index (χ2n) is 1.74. The number of ether oxygens (including phenoxy) is 1. The number of rotatable bonds is 2. The minimum Gasteiger partial charge on any atom is -0.496 e. The summed E-state index contributed by atoms with van der Waals surface area (Å²) < 4.78 is 4.97. The molecule has 1 atom stereocenters.